The summed E-state index contributed by atoms with van der Waals surface area (Å²) in [5.74, 6) is -1.82. The van der Waals surface area contributed by atoms with Gasteiger partial charge in [-0.25, -0.2) is 4.79 Å². The SMILES string of the molecule is CCOC(=O)c1c(NC(=O)CCNC(=O)c2ccoc2)sc(C(=O)Nc2ccccc2)c1C. The fraction of sp³-hybridized carbons (Fsp3) is 0.217. The molecule has 0 saturated heterocycles. The quantitative estimate of drug-likeness (QED) is 0.409. The Morgan fingerprint density at radius 2 is 1.79 bits per heavy atom. The maximum absolute atomic E-state index is 12.8. The third-order valence-corrected chi connectivity index (χ3v) is 5.74. The second kappa shape index (κ2) is 11.1. The van der Waals surface area contributed by atoms with Crippen LogP contribution in [0.25, 0.3) is 0 Å². The van der Waals surface area contributed by atoms with Crippen molar-refractivity contribution in [1.29, 1.82) is 0 Å². The van der Waals surface area contributed by atoms with Crippen molar-refractivity contribution in [2.24, 2.45) is 0 Å². The highest BCUT2D eigenvalue weighted by atomic mass is 32.1. The topological polar surface area (TPSA) is 127 Å². The summed E-state index contributed by atoms with van der Waals surface area (Å²) in [4.78, 5) is 50.0. The van der Waals surface area contributed by atoms with E-state index < -0.39 is 17.8 Å². The first-order valence-electron chi connectivity index (χ1n) is 10.2. The van der Waals surface area contributed by atoms with Crippen LogP contribution in [0.3, 0.4) is 0 Å². The summed E-state index contributed by atoms with van der Waals surface area (Å²) in [5, 5.41) is 8.27. The Hall–Kier alpha value is -3.92. The van der Waals surface area contributed by atoms with Gasteiger partial charge < -0.3 is 25.1 Å². The Bertz CT molecular complexity index is 1140. The van der Waals surface area contributed by atoms with E-state index in [0.29, 0.717) is 16.8 Å². The number of carbonyl (C=O) groups is 4. The van der Waals surface area contributed by atoms with Gasteiger partial charge in [0.05, 0.1) is 28.9 Å². The van der Waals surface area contributed by atoms with Crippen molar-refractivity contribution < 1.29 is 28.3 Å². The van der Waals surface area contributed by atoms with E-state index in [1.54, 1.807) is 38.1 Å². The lowest BCUT2D eigenvalue weighted by Crippen LogP contribution is -2.27. The van der Waals surface area contributed by atoms with E-state index >= 15 is 0 Å². The van der Waals surface area contributed by atoms with Gasteiger partial charge in [-0.15, -0.1) is 11.3 Å². The molecular weight excluding hydrogens is 446 g/mol. The van der Waals surface area contributed by atoms with Gasteiger partial charge in [-0.3, -0.25) is 14.4 Å². The van der Waals surface area contributed by atoms with Crippen LogP contribution in [0.5, 0.6) is 0 Å². The molecule has 0 aliphatic rings. The van der Waals surface area contributed by atoms with Crippen molar-refractivity contribution in [3.05, 3.63) is 70.5 Å². The zero-order chi connectivity index (χ0) is 23.8. The molecule has 0 radical (unpaired) electrons. The molecular formula is C23H23N3O6S. The van der Waals surface area contributed by atoms with E-state index in [-0.39, 0.29) is 40.9 Å². The summed E-state index contributed by atoms with van der Waals surface area (Å²) >= 11 is 0.989. The summed E-state index contributed by atoms with van der Waals surface area (Å²) in [6, 6.07) is 10.4. The number of nitrogens with one attached hydrogen (secondary N) is 3. The van der Waals surface area contributed by atoms with E-state index in [0.717, 1.165) is 11.3 Å². The molecule has 10 heteroatoms. The number of hydrogen-bond donors (Lipinski definition) is 3. The second-order valence-corrected chi connectivity index (χ2v) is 7.89. The largest absolute Gasteiger partial charge is 0.472 e. The van der Waals surface area contributed by atoms with Gasteiger partial charge in [0.2, 0.25) is 5.91 Å². The molecule has 172 valence electrons. The number of hydrogen-bond acceptors (Lipinski definition) is 7. The fourth-order valence-corrected chi connectivity index (χ4v) is 4.06. The number of para-hydroxylation sites is 1. The smallest absolute Gasteiger partial charge is 0.341 e. The molecule has 0 atom stereocenters. The van der Waals surface area contributed by atoms with Crippen LogP contribution in [0.1, 0.15) is 49.3 Å². The number of benzene rings is 1. The summed E-state index contributed by atoms with van der Waals surface area (Å²) < 4.78 is 9.97. The summed E-state index contributed by atoms with van der Waals surface area (Å²) in [5.41, 5.74) is 1.50. The second-order valence-electron chi connectivity index (χ2n) is 6.87. The Kier molecular flexibility index (Phi) is 7.98. The van der Waals surface area contributed by atoms with Crippen molar-refractivity contribution in [2.45, 2.75) is 20.3 Å². The van der Waals surface area contributed by atoms with Crippen molar-refractivity contribution in [1.82, 2.24) is 5.32 Å². The monoisotopic (exact) mass is 469 g/mol. The van der Waals surface area contributed by atoms with Gasteiger partial charge in [-0.2, -0.15) is 0 Å². The van der Waals surface area contributed by atoms with Crippen molar-refractivity contribution in [3.8, 4) is 0 Å². The van der Waals surface area contributed by atoms with Crippen LogP contribution in [-0.2, 0) is 9.53 Å². The van der Waals surface area contributed by atoms with Gasteiger partial charge in [0.15, 0.2) is 0 Å². The number of esters is 1. The fourth-order valence-electron chi connectivity index (χ4n) is 2.95. The molecule has 0 saturated carbocycles. The number of anilines is 2. The highest BCUT2D eigenvalue weighted by Gasteiger charge is 2.26. The Morgan fingerprint density at radius 1 is 1.03 bits per heavy atom. The van der Waals surface area contributed by atoms with Crippen LogP contribution in [-0.4, -0.2) is 36.8 Å². The lowest BCUT2D eigenvalue weighted by Gasteiger charge is -2.07. The normalized spacial score (nSPS) is 10.4. The third kappa shape index (κ3) is 6.07. The van der Waals surface area contributed by atoms with Crippen molar-refractivity contribution in [2.75, 3.05) is 23.8 Å². The van der Waals surface area contributed by atoms with E-state index in [2.05, 4.69) is 16.0 Å². The number of furan rings is 1. The third-order valence-electron chi connectivity index (χ3n) is 4.54. The van der Waals surface area contributed by atoms with Gasteiger partial charge >= 0.3 is 5.97 Å². The average molecular weight is 470 g/mol. The molecule has 3 rings (SSSR count). The van der Waals surface area contributed by atoms with Gasteiger partial charge in [0, 0.05) is 18.7 Å². The van der Waals surface area contributed by atoms with Crippen molar-refractivity contribution >= 4 is 45.7 Å². The highest BCUT2D eigenvalue weighted by molar-refractivity contribution is 7.18. The first-order chi connectivity index (χ1) is 15.9. The van der Waals surface area contributed by atoms with Crippen LogP contribution < -0.4 is 16.0 Å². The Morgan fingerprint density at radius 3 is 2.45 bits per heavy atom. The highest BCUT2D eigenvalue weighted by Crippen LogP contribution is 2.34. The molecule has 9 nitrogen and oxygen atoms in total. The molecule has 0 spiro atoms. The number of amides is 3. The lowest BCUT2D eigenvalue weighted by molar-refractivity contribution is -0.116. The molecule has 33 heavy (non-hydrogen) atoms. The molecule has 0 fully saturated rings. The van der Waals surface area contributed by atoms with E-state index in [4.69, 9.17) is 9.15 Å². The molecule has 0 aliphatic heterocycles. The average Bonchev–Trinajstić information content (AvgIpc) is 3.43. The standard InChI is InChI=1S/C23H23N3O6S/c1-3-32-23(30)18-14(2)19(21(29)25-16-7-5-4-6-8-16)33-22(18)26-17(27)9-11-24-20(28)15-10-12-31-13-15/h4-8,10,12-13H,3,9,11H2,1-2H3,(H,24,28)(H,25,29)(H,26,27). The van der Waals surface area contributed by atoms with Gasteiger partial charge in [0.25, 0.3) is 11.8 Å². The molecule has 2 heterocycles. The molecule has 3 amide bonds. The molecule has 3 aromatic rings. The minimum atomic E-state index is -0.631. The first kappa shape index (κ1) is 23.7. The minimum Gasteiger partial charge on any atom is -0.472 e. The molecule has 1 aromatic carbocycles. The number of rotatable bonds is 9. The summed E-state index contributed by atoms with van der Waals surface area (Å²) in [7, 11) is 0. The van der Waals surface area contributed by atoms with Crippen LogP contribution in [0, 0.1) is 6.92 Å². The Labute approximate surface area is 194 Å². The zero-order valence-electron chi connectivity index (χ0n) is 18.1. The molecule has 2 aromatic heterocycles. The predicted molar refractivity (Wildman–Crippen MR) is 124 cm³/mol. The van der Waals surface area contributed by atoms with Crippen LogP contribution in [0.4, 0.5) is 10.7 Å². The lowest BCUT2D eigenvalue weighted by atomic mass is 10.1. The summed E-state index contributed by atoms with van der Waals surface area (Å²) in [6.45, 7) is 3.52. The van der Waals surface area contributed by atoms with Crippen LogP contribution in [0.15, 0.2) is 53.3 Å². The first-order valence-corrected chi connectivity index (χ1v) is 11.0. The maximum atomic E-state index is 12.8. The zero-order valence-corrected chi connectivity index (χ0v) is 18.9. The number of carbonyl (C=O) groups excluding carboxylic acids is 4. The van der Waals surface area contributed by atoms with Gasteiger partial charge in [-0.1, -0.05) is 18.2 Å². The van der Waals surface area contributed by atoms with E-state index in [1.807, 2.05) is 6.07 Å². The van der Waals surface area contributed by atoms with E-state index in [1.165, 1.54) is 18.6 Å². The Balaban J connectivity index is 1.71. The van der Waals surface area contributed by atoms with E-state index in [9.17, 15) is 19.2 Å². The van der Waals surface area contributed by atoms with Crippen LogP contribution >= 0.6 is 11.3 Å². The molecule has 3 N–H and O–H groups in total. The maximum Gasteiger partial charge on any atom is 0.341 e. The van der Waals surface area contributed by atoms with Crippen LogP contribution in [0.2, 0.25) is 0 Å². The molecule has 0 bridgehead atoms. The van der Waals surface area contributed by atoms with Gasteiger partial charge in [0.1, 0.15) is 11.3 Å². The number of thiophene rings is 1. The minimum absolute atomic E-state index is 0.0334. The van der Waals surface area contributed by atoms with Crippen molar-refractivity contribution in [3.63, 3.8) is 0 Å². The molecule has 0 aliphatic carbocycles. The summed E-state index contributed by atoms with van der Waals surface area (Å²) in [6.07, 6.45) is 2.65. The number of ether oxygens (including phenoxy) is 1. The molecule has 0 unspecified atom stereocenters. The predicted octanol–water partition coefficient (Wildman–Crippen LogP) is 3.84. The van der Waals surface area contributed by atoms with Gasteiger partial charge in [-0.05, 0) is 37.6 Å².